The van der Waals surface area contributed by atoms with E-state index in [0.717, 1.165) is 11.8 Å². The molecule has 0 saturated carbocycles. The van der Waals surface area contributed by atoms with Gasteiger partial charge >= 0.3 is 12.3 Å². The van der Waals surface area contributed by atoms with Crippen LogP contribution in [0.5, 0.6) is 0 Å². The Balaban J connectivity index is -0.000000292. The molecule has 0 rings (SSSR count). The van der Waals surface area contributed by atoms with Gasteiger partial charge in [-0.3, -0.25) is 10.5 Å². The van der Waals surface area contributed by atoms with Crippen LogP contribution in [0.4, 0.5) is 9.59 Å². The van der Waals surface area contributed by atoms with Gasteiger partial charge in [-0.25, -0.2) is 19.4 Å². The average Bonchev–Trinajstić information content (AvgIpc) is 2.75. The lowest BCUT2D eigenvalue weighted by molar-refractivity contribution is -0.264. The Labute approximate surface area is 269 Å². The van der Waals surface area contributed by atoms with Crippen LogP contribution in [0.3, 0.4) is 0 Å². The fourth-order valence-electron chi connectivity index (χ4n) is 4.85. The zero-order valence-corrected chi connectivity index (χ0v) is 31.0. The van der Waals surface area contributed by atoms with Gasteiger partial charge in [-0.15, -0.1) is 0 Å². The Morgan fingerprint density at radius 1 is 0.500 bits per heavy atom. The molecule has 0 bridgehead atoms. The molecule has 0 aromatic heterocycles. The van der Waals surface area contributed by atoms with Crippen molar-refractivity contribution in [2.75, 3.05) is 13.2 Å². The quantitative estimate of drug-likeness (QED) is 0.0791. The third-order valence-electron chi connectivity index (χ3n) is 8.78. The largest absolute Gasteiger partial charge is 0.503 e. The fraction of sp³-hybridized carbons (Fsp3) is 0.941. The van der Waals surface area contributed by atoms with Crippen molar-refractivity contribution in [3.05, 3.63) is 0 Å². The van der Waals surface area contributed by atoms with E-state index < -0.39 is 12.3 Å². The summed E-state index contributed by atoms with van der Waals surface area (Å²) in [5.74, 6) is 3.97. The van der Waals surface area contributed by atoms with Crippen LogP contribution in [-0.2, 0) is 9.78 Å². The average molecular weight is 641 g/mol. The highest BCUT2D eigenvalue weighted by molar-refractivity contribution is 5.53. The van der Waals surface area contributed by atoms with Crippen molar-refractivity contribution in [3.63, 3.8) is 0 Å². The van der Waals surface area contributed by atoms with Crippen LogP contribution in [0.2, 0.25) is 0 Å². The van der Waals surface area contributed by atoms with Crippen molar-refractivity contribution >= 4 is 12.3 Å². The van der Waals surface area contributed by atoms with Crippen LogP contribution in [0.1, 0.15) is 136 Å². The molecule has 268 valence electrons. The minimum atomic E-state index is -1.83. The van der Waals surface area contributed by atoms with E-state index in [-0.39, 0.29) is 10.8 Å². The van der Waals surface area contributed by atoms with E-state index in [4.69, 9.17) is 40.5 Å². The number of carbonyl (C=O) groups is 2. The van der Waals surface area contributed by atoms with E-state index in [1.54, 1.807) is 0 Å². The van der Waals surface area contributed by atoms with Gasteiger partial charge in [-0.1, -0.05) is 111 Å². The van der Waals surface area contributed by atoms with E-state index in [2.05, 4.69) is 121 Å². The molecule has 0 aromatic rings. The second-order valence-corrected chi connectivity index (χ2v) is 16.7. The van der Waals surface area contributed by atoms with E-state index in [1.165, 1.54) is 25.7 Å². The van der Waals surface area contributed by atoms with E-state index in [9.17, 15) is 0 Å². The molecule has 0 aliphatic carbocycles. The molecule has 0 aliphatic rings. The second-order valence-electron chi connectivity index (χ2n) is 16.7. The number of rotatable bonds is 14. The summed E-state index contributed by atoms with van der Waals surface area (Å²) in [6.07, 6.45) is 1.25. The van der Waals surface area contributed by atoms with E-state index in [0.29, 0.717) is 47.7 Å². The monoisotopic (exact) mass is 641 g/mol. The number of hydrogen-bond donors (Lipinski definition) is 6. The zero-order chi connectivity index (χ0) is 36.3. The molecule has 0 spiro atoms. The number of hydrogen-bond acceptors (Lipinski definition) is 6. The lowest BCUT2D eigenvalue weighted by Crippen LogP contribution is -2.32. The first-order chi connectivity index (χ1) is 19.5. The Kier molecular flexibility index (Phi) is 25.5. The maximum absolute atomic E-state index is 8.69. The molecule has 10 heteroatoms. The lowest BCUT2D eigenvalue weighted by atomic mass is 9.67. The highest BCUT2D eigenvalue weighted by Gasteiger charge is 2.34. The van der Waals surface area contributed by atoms with E-state index >= 15 is 0 Å². The first kappa shape index (κ1) is 49.3. The smallest absolute Gasteiger partial charge is 0.450 e. The van der Waals surface area contributed by atoms with Gasteiger partial charge in [0, 0.05) is 0 Å². The molecule has 4 atom stereocenters. The third kappa shape index (κ3) is 29.1. The summed E-state index contributed by atoms with van der Waals surface area (Å²) in [5.41, 5.74) is 0.730. The van der Waals surface area contributed by atoms with E-state index in [1.807, 2.05) is 0 Å². The molecule has 0 aliphatic heterocycles. The maximum atomic E-state index is 8.69. The van der Waals surface area contributed by atoms with Gasteiger partial charge in [0.2, 0.25) is 0 Å². The van der Waals surface area contributed by atoms with Gasteiger partial charge in [0.1, 0.15) is 0 Å². The summed E-state index contributed by atoms with van der Waals surface area (Å²) >= 11 is 0. The molecule has 0 amide bonds. The minimum absolute atomic E-state index is 0.0230. The molecule has 0 heterocycles. The van der Waals surface area contributed by atoms with Crippen LogP contribution in [0, 0.1) is 57.2 Å². The Morgan fingerprint density at radius 2 is 0.705 bits per heavy atom. The van der Waals surface area contributed by atoms with Gasteiger partial charge < -0.3 is 20.4 Å². The molecule has 44 heavy (non-hydrogen) atoms. The molecule has 0 radical (unpaired) electrons. The van der Waals surface area contributed by atoms with Crippen molar-refractivity contribution in [2.24, 2.45) is 57.2 Å². The van der Waals surface area contributed by atoms with Crippen molar-refractivity contribution in [1.29, 1.82) is 0 Å². The van der Waals surface area contributed by atoms with Crippen molar-refractivity contribution in [2.45, 2.75) is 136 Å². The minimum Gasteiger partial charge on any atom is -0.450 e. The molecule has 6 N–H and O–H groups in total. The summed E-state index contributed by atoms with van der Waals surface area (Å²) in [6, 6.07) is 0. The SMILES string of the molecule is CC(C)CC(CC(C)C(C)(C)COO)C(C)(C)C.CC(C)CC(CC(C)C(C)(C)COO)C(C)(C)C.O=C(O)O.O=C(O)O. The predicted octanol–water partition coefficient (Wildman–Crippen LogP) is 10.9. The van der Waals surface area contributed by atoms with Crippen LogP contribution in [0.25, 0.3) is 0 Å². The van der Waals surface area contributed by atoms with Crippen molar-refractivity contribution in [1.82, 2.24) is 0 Å². The van der Waals surface area contributed by atoms with Crippen LogP contribution < -0.4 is 0 Å². The fourth-order valence-corrected chi connectivity index (χ4v) is 4.85. The molecule has 10 nitrogen and oxygen atoms in total. The van der Waals surface area contributed by atoms with Crippen LogP contribution in [-0.4, -0.2) is 56.5 Å². The van der Waals surface area contributed by atoms with Crippen LogP contribution in [0.15, 0.2) is 0 Å². The summed E-state index contributed by atoms with van der Waals surface area (Å²) in [7, 11) is 0. The summed E-state index contributed by atoms with van der Waals surface area (Å²) in [6.45, 7) is 37.3. The second kappa shape index (κ2) is 22.8. The Bertz CT molecular complexity index is 663. The van der Waals surface area contributed by atoms with Gasteiger partial charge in [0.25, 0.3) is 0 Å². The summed E-state index contributed by atoms with van der Waals surface area (Å²) < 4.78 is 0. The van der Waals surface area contributed by atoms with Gasteiger partial charge in [-0.2, -0.15) is 0 Å². The van der Waals surface area contributed by atoms with Crippen molar-refractivity contribution < 1.29 is 50.3 Å². The molecular formula is C34H72O10. The summed E-state index contributed by atoms with van der Waals surface area (Å²) in [4.78, 5) is 25.9. The third-order valence-corrected chi connectivity index (χ3v) is 8.78. The van der Waals surface area contributed by atoms with Gasteiger partial charge in [0.15, 0.2) is 0 Å². The predicted molar refractivity (Wildman–Crippen MR) is 178 cm³/mol. The standard InChI is InChI=1S/2C16H34O2.2CH2O3/c2*1-12(2)9-14(15(4,5)6)10-13(3)16(7,8)11-18-17;2*2-1(3)4/h2*12-14,17H,9-11H2,1-8H3;2*(H2,2,3,4). The number of carboxylic acid groups (broad SMARTS) is 4. The Hall–Kier alpha value is -1.62. The zero-order valence-electron chi connectivity index (χ0n) is 31.0. The normalized spacial score (nSPS) is 15.0. The Morgan fingerprint density at radius 3 is 0.841 bits per heavy atom. The first-order valence-electron chi connectivity index (χ1n) is 15.8. The highest BCUT2D eigenvalue weighted by atomic mass is 17.1. The molecular weight excluding hydrogens is 568 g/mol. The highest BCUT2D eigenvalue weighted by Crippen LogP contribution is 2.42. The first-order valence-corrected chi connectivity index (χ1v) is 15.8. The van der Waals surface area contributed by atoms with Gasteiger partial charge in [-0.05, 0) is 82.9 Å². The summed E-state index contributed by atoms with van der Waals surface area (Å²) in [5, 5.41) is 45.3. The lowest BCUT2D eigenvalue weighted by Gasteiger charge is -2.39. The topological polar surface area (TPSA) is 174 Å². The van der Waals surface area contributed by atoms with Gasteiger partial charge in [0.05, 0.1) is 13.2 Å². The molecule has 0 fully saturated rings. The van der Waals surface area contributed by atoms with Crippen molar-refractivity contribution in [3.8, 4) is 0 Å². The van der Waals surface area contributed by atoms with Crippen LogP contribution >= 0.6 is 0 Å². The molecule has 4 unspecified atom stereocenters. The maximum Gasteiger partial charge on any atom is 0.503 e. The molecule has 0 saturated heterocycles. The molecule has 0 aromatic carbocycles.